The van der Waals surface area contributed by atoms with Gasteiger partial charge in [-0.2, -0.15) is 8.78 Å². The van der Waals surface area contributed by atoms with Gasteiger partial charge in [-0.15, -0.1) is 0 Å². The molecule has 2 atom stereocenters. The van der Waals surface area contributed by atoms with Crippen LogP contribution < -0.4 is 20.7 Å². The number of halogens is 2. The zero-order valence-electron chi connectivity index (χ0n) is 21.0. The molecule has 38 heavy (non-hydrogen) atoms. The van der Waals surface area contributed by atoms with Crippen LogP contribution in [-0.2, 0) is 11.3 Å². The molecular weight excluding hydrogens is 494 g/mol. The molecule has 11 heteroatoms. The highest BCUT2D eigenvalue weighted by atomic mass is 19.3. The summed E-state index contributed by atoms with van der Waals surface area (Å²) >= 11 is 0. The van der Waals surface area contributed by atoms with Crippen molar-refractivity contribution in [2.75, 3.05) is 32.0 Å². The van der Waals surface area contributed by atoms with Gasteiger partial charge in [0.15, 0.2) is 6.29 Å². The second kappa shape index (κ2) is 11.2. The summed E-state index contributed by atoms with van der Waals surface area (Å²) in [6.07, 6.45) is 5.01. The van der Waals surface area contributed by atoms with Crippen LogP contribution in [0.25, 0.3) is 5.57 Å². The van der Waals surface area contributed by atoms with E-state index in [1.165, 1.54) is 6.07 Å². The van der Waals surface area contributed by atoms with Crippen LogP contribution in [0.3, 0.4) is 0 Å². The van der Waals surface area contributed by atoms with Gasteiger partial charge in [0, 0.05) is 74.9 Å². The third-order valence-corrected chi connectivity index (χ3v) is 7.10. The molecular formula is C27H30F2N6O3. The van der Waals surface area contributed by atoms with Crippen molar-refractivity contribution in [3.05, 3.63) is 65.4 Å². The molecule has 2 aromatic rings. The number of ether oxygens (including phenoxy) is 1. The number of anilines is 1. The molecule has 2 saturated heterocycles. The number of carbonyl (C=O) groups is 2. The van der Waals surface area contributed by atoms with Crippen LogP contribution in [0.2, 0.25) is 0 Å². The number of para-hydroxylation sites is 1. The topological polar surface area (TPSA) is 98.3 Å². The van der Waals surface area contributed by atoms with E-state index in [1.807, 2.05) is 23.2 Å². The quantitative estimate of drug-likeness (QED) is 0.492. The summed E-state index contributed by atoms with van der Waals surface area (Å²) < 4.78 is 30.3. The lowest BCUT2D eigenvalue weighted by atomic mass is 10.0. The average molecular weight is 525 g/mol. The molecule has 2 unspecified atom stereocenters. The minimum atomic E-state index is -2.93. The zero-order chi connectivity index (χ0) is 26.6. The first-order valence-corrected chi connectivity index (χ1v) is 12.6. The Kier molecular flexibility index (Phi) is 7.54. The molecule has 3 aliphatic rings. The van der Waals surface area contributed by atoms with E-state index in [0.29, 0.717) is 23.2 Å². The van der Waals surface area contributed by atoms with Crippen LogP contribution in [-0.4, -0.2) is 73.5 Å². The van der Waals surface area contributed by atoms with E-state index < -0.39 is 6.61 Å². The second-order valence-corrected chi connectivity index (χ2v) is 9.37. The van der Waals surface area contributed by atoms with Crippen molar-refractivity contribution in [1.29, 1.82) is 0 Å². The maximum Gasteiger partial charge on any atom is 0.387 e. The van der Waals surface area contributed by atoms with Crippen molar-refractivity contribution in [1.82, 2.24) is 20.4 Å². The number of hydrogen-bond donors (Lipinski definition) is 3. The molecule has 0 aromatic heterocycles. The fourth-order valence-electron chi connectivity index (χ4n) is 5.12. The number of amides is 2. The van der Waals surface area contributed by atoms with Crippen LogP contribution in [0, 0.1) is 0 Å². The van der Waals surface area contributed by atoms with E-state index in [-0.39, 0.29) is 36.4 Å². The maximum absolute atomic E-state index is 12.8. The highest BCUT2D eigenvalue weighted by Gasteiger charge is 2.37. The highest BCUT2D eigenvalue weighted by molar-refractivity contribution is 6.11. The number of nitrogens with one attached hydrogen (secondary N) is 3. The molecule has 0 spiro atoms. The van der Waals surface area contributed by atoms with Crippen LogP contribution in [0.4, 0.5) is 14.5 Å². The molecule has 3 heterocycles. The Labute approximate surface area is 219 Å². The normalized spacial score (nSPS) is 21.1. The van der Waals surface area contributed by atoms with Crippen LogP contribution in [0.5, 0.6) is 5.75 Å². The Morgan fingerprint density at radius 1 is 1.24 bits per heavy atom. The van der Waals surface area contributed by atoms with Gasteiger partial charge in [-0.05, 0) is 30.2 Å². The van der Waals surface area contributed by atoms with Gasteiger partial charge < -0.3 is 25.6 Å². The van der Waals surface area contributed by atoms with Gasteiger partial charge in [-0.25, -0.2) is 0 Å². The van der Waals surface area contributed by atoms with E-state index >= 15 is 0 Å². The number of alkyl halides is 2. The van der Waals surface area contributed by atoms with Gasteiger partial charge >= 0.3 is 6.61 Å². The van der Waals surface area contributed by atoms with Crippen molar-refractivity contribution in [2.45, 2.75) is 38.3 Å². The van der Waals surface area contributed by atoms with Crippen molar-refractivity contribution in [2.24, 2.45) is 4.99 Å². The van der Waals surface area contributed by atoms with Crippen LogP contribution >= 0.6 is 0 Å². The molecule has 0 bridgehead atoms. The largest absolute Gasteiger partial charge is 0.434 e. The Morgan fingerprint density at radius 3 is 2.84 bits per heavy atom. The molecule has 2 amide bonds. The number of hydrogen-bond acceptors (Lipinski definition) is 7. The average Bonchev–Trinajstić information content (AvgIpc) is 3.31. The summed E-state index contributed by atoms with van der Waals surface area (Å²) in [5.74, 6) is 0.0459. The summed E-state index contributed by atoms with van der Waals surface area (Å²) in [4.78, 5) is 33.4. The van der Waals surface area contributed by atoms with E-state index in [9.17, 15) is 18.4 Å². The predicted octanol–water partition coefficient (Wildman–Crippen LogP) is 2.86. The third-order valence-electron chi connectivity index (χ3n) is 7.10. The summed E-state index contributed by atoms with van der Waals surface area (Å²) in [7, 11) is 1.55. The summed E-state index contributed by atoms with van der Waals surface area (Å²) in [5, 5.41) is 9.19. The molecule has 0 aliphatic carbocycles. The lowest BCUT2D eigenvalue weighted by molar-refractivity contribution is -0.131. The van der Waals surface area contributed by atoms with E-state index in [2.05, 4.69) is 25.6 Å². The van der Waals surface area contributed by atoms with Crippen molar-refractivity contribution >= 4 is 29.3 Å². The molecule has 5 rings (SSSR count). The lowest BCUT2D eigenvalue weighted by Crippen LogP contribution is -2.57. The number of rotatable bonds is 8. The van der Waals surface area contributed by atoms with Gasteiger partial charge in [0.2, 0.25) is 5.91 Å². The number of carbonyl (C=O) groups excluding carboxylic acids is 2. The Morgan fingerprint density at radius 2 is 2.08 bits per heavy atom. The molecule has 3 N–H and O–H groups in total. The Balaban J connectivity index is 1.30. The summed E-state index contributed by atoms with van der Waals surface area (Å²) in [6, 6.07) is 12.2. The minimum Gasteiger partial charge on any atom is -0.434 e. The first-order chi connectivity index (χ1) is 18.4. The third kappa shape index (κ3) is 5.47. The minimum absolute atomic E-state index is 0.0767. The Hall–Kier alpha value is -3.99. The van der Waals surface area contributed by atoms with Crippen molar-refractivity contribution in [3.8, 4) is 5.75 Å². The molecule has 2 aromatic carbocycles. The van der Waals surface area contributed by atoms with Gasteiger partial charge in [-0.1, -0.05) is 24.3 Å². The molecule has 2 fully saturated rings. The second-order valence-electron chi connectivity index (χ2n) is 9.37. The van der Waals surface area contributed by atoms with Crippen molar-refractivity contribution in [3.63, 3.8) is 0 Å². The number of fused-ring (bicyclic) bond motifs is 1. The first kappa shape index (κ1) is 25.7. The molecule has 0 saturated carbocycles. The maximum atomic E-state index is 12.8. The van der Waals surface area contributed by atoms with E-state index in [0.717, 1.165) is 37.2 Å². The highest BCUT2D eigenvalue weighted by Crippen LogP contribution is 2.28. The van der Waals surface area contributed by atoms with Gasteiger partial charge in [0.05, 0.1) is 5.56 Å². The van der Waals surface area contributed by atoms with Gasteiger partial charge in [0.25, 0.3) is 5.91 Å². The van der Waals surface area contributed by atoms with Gasteiger partial charge in [0.1, 0.15) is 5.75 Å². The number of aliphatic imine (C=N–C) groups is 1. The summed E-state index contributed by atoms with van der Waals surface area (Å²) in [6.45, 7) is -0.490. The number of allylic oxidation sites excluding steroid dienone is 1. The fourth-order valence-corrected chi connectivity index (χ4v) is 5.12. The Bertz CT molecular complexity index is 1270. The smallest absolute Gasteiger partial charge is 0.387 e. The zero-order valence-corrected chi connectivity index (χ0v) is 21.0. The lowest BCUT2D eigenvalue weighted by Gasteiger charge is -2.40. The summed E-state index contributed by atoms with van der Waals surface area (Å²) in [5.41, 5.74) is 3.17. The number of nitrogens with zero attached hydrogens (tertiary/aromatic N) is 3. The van der Waals surface area contributed by atoms with E-state index in [1.54, 1.807) is 37.5 Å². The van der Waals surface area contributed by atoms with Gasteiger partial charge in [-0.3, -0.25) is 19.5 Å². The van der Waals surface area contributed by atoms with E-state index in [4.69, 9.17) is 4.99 Å². The number of benzene rings is 2. The predicted molar refractivity (Wildman–Crippen MR) is 140 cm³/mol. The fraction of sp³-hybridized carbons (Fsp3) is 0.370. The monoisotopic (exact) mass is 524 g/mol. The first-order valence-electron chi connectivity index (χ1n) is 12.6. The number of piperazine rings is 1. The molecule has 200 valence electrons. The SMILES string of the molecule is CNC(=O)c1ccc(C2=CNC(N3CCN4C(=O)CCC4C3)N=C2)cc1NCc1ccccc1OC(F)F. The molecule has 3 aliphatic heterocycles. The molecule has 9 nitrogen and oxygen atoms in total. The van der Waals surface area contributed by atoms with Crippen molar-refractivity contribution < 1.29 is 23.1 Å². The standard InChI is InChI=1S/C27H30F2N6O3/c1-30-25(37)21-8-6-17(12-22(21)31-13-18-4-2-3-5-23(18)38-26(28)29)19-14-32-27(33-15-19)34-10-11-35-20(16-34)7-9-24(35)36/h2-6,8,12,14-15,20,26-27,31-32H,7,9-11,13,16H2,1H3,(H,30,37). The van der Waals surface area contributed by atoms with Crippen LogP contribution in [0.1, 0.15) is 34.3 Å². The molecule has 0 radical (unpaired) electrons. The van der Waals surface area contributed by atoms with Crippen LogP contribution in [0.15, 0.2) is 53.7 Å².